The van der Waals surface area contributed by atoms with Crippen molar-refractivity contribution in [1.82, 2.24) is 4.90 Å². The number of carbonyl (C=O) groups is 1. The zero-order valence-corrected chi connectivity index (χ0v) is 19.3. The van der Waals surface area contributed by atoms with Gasteiger partial charge in [-0.15, -0.1) is 0 Å². The molecule has 2 aromatic carbocycles. The Bertz CT molecular complexity index is 881. The number of hydrogen-bond donors (Lipinski definition) is 0. The Labute approximate surface area is 180 Å². The summed E-state index contributed by atoms with van der Waals surface area (Å²) >= 11 is 0. The van der Waals surface area contributed by atoms with Gasteiger partial charge in [-0.1, -0.05) is 87.5 Å². The molecule has 4 rings (SSSR count). The topological polar surface area (TPSA) is 38.8 Å². The average molecular weight is 422 g/mol. The number of methoxy groups -OCH3 is 1. The van der Waals surface area contributed by atoms with Crippen molar-refractivity contribution in [2.45, 2.75) is 44.4 Å². The van der Waals surface area contributed by atoms with Crippen molar-refractivity contribution in [2.75, 3.05) is 20.2 Å². The normalized spacial score (nSPS) is 21.9. The molecule has 2 aromatic rings. The molecule has 2 aliphatic rings. The van der Waals surface area contributed by atoms with Crippen LogP contribution in [0.1, 0.15) is 27.2 Å². The highest BCUT2D eigenvalue weighted by molar-refractivity contribution is 6.99. The maximum Gasteiger partial charge on any atom is 0.335 e. The van der Waals surface area contributed by atoms with Gasteiger partial charge >= 0.3 is 5.97 Å². The van der Waals surface area contributed by atoms with Crippen LogP contribution in [0.25, 0.3) is 0 Å². The van der Waals surface area contributed by atoms with Crippen molar-refractivity contribution in [3.05, 3.63) is 72.3 Å². The summed E-state index contributed by atoms with van der Waals surface area (Å²) in [5.41, 5.74) is 0.783. The predicted octanol–water partition coefficient (Wildman–Crippen LogP) is 3.12. The van der Waals surface area contributed by atoms with E-state index >= 15 is 0 Å². The maximum atomic E-state index is 12.2. The van der Waals surface area contributed by atoms with Crippen LogP contribution >= 0.6 is 0 Å². The van der Waals surface area contributed by atoms with Crippen LogP contribution in [0.4, 0.5) is 0 Å². The summed E-state index contributed by atoms with van der Waals surface area (Å²) in [5, 5.41) is 2.53. The highest BCUT2D eigenvalue weighted by atomic mass is 28.4. The first-order chi connectivity index (χ1) is 14.4. The monoisotopic (exact) mass is 421 g/mol. The van der Waals surface area contributed by atoms with Crippen LogP contribution in [0.15, 0.2) is 72.3 Å². The molecule has 158 valence electrons. The number of esters is 1. The lowest BCUT2D eigenvalue weighted by Crippen LogP contribution is -2.67. The van der Waals surface area contributed by atoms with E-state index in [9.17, 15) is 4.79 Å². The minimum atomic E-state index is -2.58. The van der Waals surface area contributed by atoms with Crippen LogP contribution in [-0.4, -0.2) is 51.5 Å². The van der Waals surface area contributed by atoms with E-state index in [1.54, 1.807) is 0 Å². The number of rotatable bonds is 5. The lowest BCUT2D eigenvalue weighted by Gasteiger charge is -2.44. The fourth-order valence-electron chi connectivity index (χ4n) is 5.10. The van der Waals surface area contributed by atoms with Gasteiger partial charge in [0.05, 0.1) is 18.8 Å². The molecule has 2 heterocycles. The Morgan fingerprint density at radius 1 is 1.00 bits per heavy atom. The van der Waals surface area contributed by atoms with Crippen molar-refractivity contribution >= 4 is 24.7 Å². The molecular weight excluding hydrogens is 390 g/mol. The Morgan fingerprint density at radius 2 is 1.57 bits per heavy atom. The minimum Gasteiger partial charge on any atom is -0.466 e. The van der Waals surface area contributed by atoms with Gasteiger partial charge in [0, 0.05) is 19.1 Å². The molecule has 1 saturated heterocycles. The highest BCUT2D eigenvalue weighted by Crippen LogP contribution is 2.40. The Morgan fingerprint density at radius 3 is 2.07 bits per heavy atom. The minimum absolute atomic E-state index is 0.0518. The van der Waals surface area contributed by atoms with Crippen molar-refractivity contribution in [3.63, 3.8) is 0 Å². The van der Waals surface area contributed by atoms with Gasteiger partial charge in [-0.3, -0.25) is 4.90 Å². The number of ether oxygens (including phenoxy) is 1. The van der Waals surface area contributed by atoms with Gasteiger partial charge in [-0.2, -0.15) is 0 Å². The smallest absolute Gasteiger partial charge is 0.335 e. The molecule has 0 aliphatic carbocycles. The van der Waals surface area contributed by atoms with Gasteiger partial charge in [0.15, 0.2) is 0 Å². The standard InChI is InChI=1S/C25H31NO3Si/c1-25(2,3)30(20-11-7-5-8-12-20,21-13-9-6-10-14-21)29-19-17-23-22(24(27)28-4)15-16-26(23)18-19/h5-15,19,23H,16-18H2,1-4H3/t19-,23-/m1/s1. The van der Waals surface area contributed by atoms with Crippen LogP contribution in [0.2, 0.25) is 5.04 Å². The molecule has 4 nitrogen and oxygen atoms in total. The summed E-state index contributed by atoms with van der Waals surface area (Å²) in [6, 6.07) is 21.6. The lowest BCUT2D eigenvalue weighted by molar-refractivity contribution is -0.136. The summed E-state index contributed by atoms with van der Waals surface area (Å²) in [5.74, 6) is -0.214. The zero-order chi connectivity index (χ0) is 21.4. The van der Waals surface area contributed by atoms with Crippen LogP contribution < -0.4 is 10.4 Å². The van der Waals surface area contributed by atoms with E-state index in [0.717, 1.165) is 25.1 Å². The molecule has 2 atom stereocenters. The van der Waals surface area contributed by atoms with Crippen molar-refractivity contribution in [1.29, 1.82) is 0 Å². The van der Waals surface area contributed by atoms with Gasteiger partial charge in [0.1, 0.15) is 0 Å². The van der Waals surface area contributed by atoms with Crippen molar-refractivity contribution < 1.29 is 14.0 Å². The summed E-state index contributed by atoms with van der Waals surface area (Å²) in [7, 11) is -1.13. The Balaban J connectivity index is 1.72. The first-order valence-electron chi connectivity index (χ1n) is 10.7. The molecule has 0 unspecified atom stereocenters. The van der Waals surface area contributed by atoms with Crippen LogP contribution in [-0.2, 0) is 14.0 Å². The summed E-state index contributed by atoms with van der Waals surface area (Å²) < 4.78 is 12.3. The number of fused-ring (bicyclic) bond motifs is 1. The third-order valence-corrected chi connectivity index (χ3v) is 11.5. The third kappa shape index (κ3) is 3.55. The van der Waals surface area contributed by atoms with E-state index in [-0.39, 0.29) is 23.2 Å². The Kier molecular flexibility index (Phi) is 5.71. The zero-order valence-electron chi connectivity index (χ0n) is 18.3. The van der Waals surface area contributed by atoms with Crippen LogP contribution in [0.3, 0.4) is 0 Å². The molecule has 1 fully saturated rings. The molecule has 0 saturated carbocycles. The molecule has 5 heteroatoms. The molecule has 0 bridgehead atoms. The Hall–Kier alpha value is -2.21. The first kappa shape index (κ1) is 21.0. The molecule has 2 aliphatic heterocycles. The average Bonchev–Trinajstić information content (AvgIpc) is 3.32. The molecule has 0 radical (unpaired) electrons. The molecule has 30 heavy (non-hydrogen) atoms. The second kappa shape index (κ2) is 8.14. The summed E-state index contributed by atoms with van der Waals surface area (Å²) in [4.78, 5) is 14.5. The number of carbonyl (C=O) groups excluding carboxylic acids is 1. The summed E-state index contributed by atoms with van der Waals surface area (Å²) in [6.45, 7) is 8.53. The second-order valence-electron chi connectivity index (χ2n) is 9.26. The van der Waals surface area contributed by atoms with E-state index in [1.807, 2.05) is 6.08 Å². The maximum absolute atomic E-state index is 12.2. The van der Waals surface area contributed by atoms with E-state index in [4.69, 9.17) is 9.16 Å². The molecule has 0 aromatic heterocycles. The predicted molar refractivity (Wildman–Crippen MR) is 123 cm³/mol. The van der Waals surface area contributed by atoms with E-state index in [2.05, 4.69) is 86.3 Å². The highest BCUT2D eigenvalue weighted by Gasteiger charge is 2.53. The lowest BCUT2D eigenvalue weighted by atomic mass is 10.1. The largest absolute Gasteiger partial charge is 0.466 e. The van der Waals surface area contributed by atoms with Gasteiger partial charge in [0.25, 0.3) is 8.32 Å². The molecule has 0 N–H and O–H groups in total. The fourth-order valence-corrected chi connectivity index (χ4v) is 9.79. The molecule has 0 spiro atoms. The van der Waals surface area contributed by atoms with Gasteiger partial charge < -0.3 is 9.16 Å². The number of benzene rings is 2. The number of nitrogens with zero attached hydrogens (tertiary/aromatic N) is 1. The van der Waals surface area contributed by atoms with E-state index in [0.29, 0.717) is 0 Å². The first-order valence-corrected chi connectivity index (χ1v) is 12.6. The number of hydrogen-bond acceptors (Lipinski definition) is 4. The van der Waals surface area contributed by atoms with Gasteiger partial charge in [-0.25, -0.2) is 4.79 Å². The second-order valence-corrected chi connectivity index (χ2v) is 13.5. The van der Waals surface area contributed by atoms with E-state index < -0.39 is 8.32 Å². The van der Waals surface area contributed by atoms with Crippen molar-refractivity contribution in [2.24, 2.45) is 0 Å². The molecule has 0 amide bonds. The fraction of sp³-hybridized carbons (Fsp3) is 0.400. The quantitative estimate of drug-likeness (QED) is 0.549. The van der Waals surface area contributed by atoms with E-state index in [1.165, 1.54) is 17.5 Å². The molecular formula is C25H31NO3Si. The van der Waals surface area contributed by atoms with Crippen LogP contribution in [0.5, 0.6) is 0 Å². The van der Waals surface area contributed by atoms with Gasteiger partial charge in [-0.05, 0) is 21.8 Å². The SMILES string of the molecule is COC(=O)C1=CCN2C[C@H](O[Si](c3ccccc3)(c3ccccc3)C(C)(C)C)C[C@H]12. The third-order valence-electron chi connectivity index (χ3n) is 6.45. The van der Waals surface area contributed by atoms with Crippen molar-refractivity contribution in [3.8, 4) is 0 Å². The van der Waals surface area contributed by atoms with Gasteiger partial charge in [0.2, 0.25) is 0 Å². The summed E-state index contributed by atoms with van der Waals surface area (Å²) in [6.07, 6.45) is 2.91. The van der Waals surface area contributed by atoms with Crippen LogP contribution in [0, 0.1) is 0 Å².